The zero-order valence-corrected chi connectivity index (χ0v) is 12.4. The molecule has 108 valence electrons. The summed E-state index contributed by atoms with van der Waals surface area (Å²) in [4.78, 5) is 21.0. The first-order valence-electron chi connectivity index (χ1n) is 6.96. The average molecular weight is 267 g/mol. The van der Waals surface area contributed by atoms with E-state index in [-0.39, 0.29) is 11.4 Å². The van der Waals surface area contributed by atoms with Gasteiger partial charge in [0.1, 0.15) is 5.82 Å². The van der Waals surface area contributed by atoms with Gasteiger partial charge in [-0.1, -0.05) is 40.0 Å². The third-order valence-corrected chi connectivity index (χ3v) is 3.47. The van der Waals surface area contributed by atoms with Crippen LogP contribution in [0.3, 0.4) is 0 Å². The standard InChI is InChI=1S/C14H25N3O2/c1-5-7-9-14(3,8-6-2)12-15-10-11-17(12)13(18)16-19-4/h10-11H,5-9H2,1-4H3,(H,16,18). The molecule has 1 aromatic heterocycles. The van der Waals surface area contributed by atoms with Gasteiger partial charge in [-0.2, -0.15) is 0 Å². The molecule has 1 atom stereocenters. The first kappa shape index (κ1) is 15.7. The Kier molecular flexibility index (Phi) is 6.02. The molecule has 0 radical (unpaired) electrons. The van der Waals surface area contributed by atoms with Crippen LogP contribution < -0.4 is 5.48 Å². The summed E-state index contributed by atoms with van der Waals surface area (Å²) in [5, 5.41) is 0. The van der Waals surface area contributed by atoms with Crippen LogP contribution >= 0.6 is 0 Å². The quantitative estimate of drug-likeness (QED) is 0.771. The van der Waals surface area contributed by atoms with Crippen LogP contribution in [0.1, 0.15) is 58.7 Å². The number of amides is 1. The van der Waals surface area contributed by atoms with Crippen molar-refractivity contribution >= 4 is 6.03 Å². The number of nitrogens with one attached hydrogen (secondary N) is 1. The van der Waals surface area contributed by atoms with Gasteiger partial charge >= 0.3 is 6.03 Å². The van der Waals surface area contributed by atoms with Crippen molar-refractivity contribution in [3.05, 3.63) is 18.2 Å². The number of carbonyl (C=O) groups is 1. The van der Waals surface area contributed by atoms with Gasteiger partial charge in [-0.05, 0) is 12.8 Å². The number of hydrogen-bond donors (Lipinski definition) is 1. The maximum absolute atomic E-state index is 11.9. The highest BCUT2D eigenvalue weighted by Gasteiger charge is 2.31. The van der Waals surface area contributed by atoms with E-state index in [9.17, 15) is 4.79 Å². The Morgan fingerprint density at radius 2 is 2.16 bits per heavy atom. The summed E-state index contributed by atoms with van der Waals surface area (Å²) in [6, 6.07) is -0.297. The van der Waals surface area contributed by atoms with Gasteiger partial charge in [0.25, 0.3) is 0 Å². The summed E-state index contributed by atoms with van der Waals surface area (Å²) in [6.45, 7) is 6.52. The highest BCUT2D eigenvalue weighted by atomic mass is 16.6. The molecule has 0 aliphatic carbocycles. The largest absolute Gasteiger partial charge is 0.350 e. The van der Waals surface area contributed by atoms with Crippen LogP contribution in [0.25, 0.3) is 0 Å². The Bertz CT molecular complexity index is 403. The van der Waals surface area contributed by atoms with Gasteiger partial charge < -0.3 is 0 Å². The molecule has 1 rings (SSSR count). The van der Waals surface area contributed by atoms with Crippen molar-refractivity contribution in [3.8, 4) is 0 Å². The van der Waals surface area contributed by atoms with Crippen molar-refractivity contribution < 1.29 is 9.63 Å². The summed E-state index contributed by atoms with van der Waals surface area (Å²) in [5.74, 6) is 0.817. The van der Waals surface area contributed by atoms with Crippen LogP contribution in [0.5, 0.6) is 0 Å². The zero-order chi connectivity index (χ0) is 14.3. The Morgan fingerprint density at radius 3 is 2.74 bits per heavy atom. The monoisotopic (exact) mass is 267 g/mol. The minimum atomic E-state index is -0.297. The van der Waals surface area contributed by atoms with Gasteiger partial charge in [0, 0.05) is 17.8 Å². The molecule has 0 fully saturated rings. The van der Waals surface area contributed by atoms with E-state index in [2.05, 4.69) is 36.1 Å². The molecule has 5 heteroatoms. The molecule has 5 nitrogen and oxygen atoms in total. The van der Waals surface area contributed by atoms with Crippen LogP contribution in [0.2, 0.25) is 0 Å². The first-order valence-corrected chi connectivity index (χ1v) is 6.96. The van der Waals surface area contributed by atoms with Crippen molar-refractivity contribution in [1.29, 1.82) is 0 Å². The van der Waals surface area contributed by atoms with Crippen molar-refractivity contribution in [2.24, 2.45) is 0 Å². The molecule has 19 heavy (non-hydrogen) atoms. The number of aromatic nitrogens is 2. The van der Waals surface area contributed by atoms with E-state index in [1.807, 2.05) is 0 Å². The molecule has 0 aliphatic rings. The second-order valence-electron chi connectivity index (χ2n) is 5.15. The van der Waals surface area contributed by atoms with Crippen LogP contribution in [0.4, 0.5) is 4.79 Å². The molecule has 0 saturated carbocycles. The number of unbranched alkanes of at least 4 members (excludes halogenated alkanes) is 1. The molecule has 0 aliphatic heterocycles. The molecule has 0 saturated heterocycles. The summed E-state index contributed by atoms with van der Waals surface area (Å²) >= 11 is 0. The molecule has 0 aromatic carbocycles. The van der Waals surface area contributed by atoms with Crippen LogP contribution in [0, 0.1) is 0 Å². The fourth-order valence-electron chi connectivity index (χ4n) is 2.52. The Balaban J connectivity index is 3.02. The number of carbonyl (C=O) groups excluding carboxylic acids is 1. The highest BCUT2D eigenvalue weighted by Crippen LogP contribution is 2.33. The number of rotatable bonds is 7. The molecule has 1 heterocycles. The second kappa shape index (κ2) is 7.28. The molecule has 1 N–H and O–H groups in total. The van der Waals surface area contributed by atoms with Crippen LogP contribution in [-0.2, 0) is 10.3 Å². The molecule has 1 aromatic rings. The third kappa shape index (κ3) is 3.80. The third-order valence-electron chi connectivity index (χ3n) is 3.47. The van der Waals surface area contributed by atoms with Gasteiger partial charge in [0.15, 0.2) is 0 Å². The van der Waals surface area contributed by atoms with Gasteiger partial charge in [-0.15, -0.1) is 0 Å². The second-order valence-corrected chi connectivity index (χ2v) is 5.15. The van der Waals surface area contributed by atoms with Gasteiger partial charge in [-0.25, -0.2) is 15.3 Å². The molecule has 1 amide bonds. The minimum Gasteiger partial charge on any atom is -0.275 e. The Morgan fingerprint density at radius 1 is 1.42 bits per heavy atom. The van der Waals surface area contributed by atoms with Gasteiger partial charge in [-0.3, -0.25) is 9.40 Å². The summed E-state index contributed by atoms with van der Waals surface area (Å²) in [5.41, 5.74) is 2.27. The first-order chi connectivity index (χ1) is 9.09. The van der Waals surface area contributed by atoms with Crippen LogP contribution in [0.15, 0.2) is 12.4 Å². The normalized spacial score (nSPS) is 14.1. The number of hydrogen-bond acceptors (Lipinski definition) is 3. The van der Waals surface area contributed by atoms with Crippen LogP contribution in [-0.4, -0.2) is 22.7 Å². The van der Waals surface area contributed by atoms with E-state index < -0.39 is 0 Å². The lowest BCUT2D eigenvalue weighted by molar-refractivity contribution is 0.107. The molecule has 1 unspecified atom stereocenters. The number of hydroxylamine groups is 1. The SMILES string of the molecule is CCCCC(C)(CCC)c1nccn1C(=O)NOC. The fourth-order valence-corrected chi connectivity index (χ4v) is 2.52. The lowest BCUT2D eigenvalue weighted by Crippen LogP contribution is -2.34. The number of nitrogens with zero attached hydrogens (tertiary/aromatic N) is 2. The van der Waals surface area contributed by atoms with E-state index >= 15 is 0 Å². The Labute approximate surface area is 115 Å². The molecular weight excluding hydrogens is 242 g/mol. The lowest BCUT2D eigenvalue weighted by Gasteiger charge is -2.29. The predicted molar refractivity (Wildman–Crippen MR) is 75.0 cm³/mol. The summed E-state index contributed by atoms with van der Waals surface area (Å²) < 4.78 is 1.55. The predicted octanol–water partition coefficient (Wildman–Crippen LogP) is 3.25. The van der Waals surface area contributed by atoms with Crippen molar-refractivity contribution in [3.63, 3.8) is 0 Å². The minimum absolute atomic E-state index is 0.0701. The van der Waals surface area contributed by atoms with E-state index in [4.69, 9.17) is 0 Å². The zero-order valence-electron chi connectivity index (χ0n) is 12.4. The van der Waals surface area contributed by atoms with E-state index in [0.29, 0.717) is 0 Å². The summed E-state index contributed by atoms with van der Waals surface area (Å²) in [7, 11) is 1.43. The van der Waals surface area contributed by atoms with Gasteiger partial charge in [0.05, 0.1) is 7.11 Å². The Hall–Kier alpha value is -1.36. The maximum Gasteiger partial charge on any atom is 0.350 e. The number of imidazole rings is 1. The van der Waals surface area contributed by atoms with E-state index in [0.717, 1.165) is 37.9 Å². The van der Waals surface area contributed by atoms with Crippen molar-refractivity contribution in [1.82, 2.24) is 15.0 Å². The summed E-state index contributed by atoms with van der Waals surface area (Å²) in [6.07, 6.45) is 8.76. The topological polar surface area (TPSA) is 56.2 Å². The highest BCUT2D eigenvalue weighted by molar-refractivity contribution is 5.76. The van der Waals surface area contributed by atoms with E-state index in [1.54, 1.807) is 17.0 Å². The molecule has 0 bridgehead atoms. The lowest BCUT2D eigenvalue weighted by atomic mass is 9.80. The van der Waals surface area contributed by atoms with Gasteiger partial charge in [0.2, 0.25) is 0 Å². The smallest absolute Gasteiger partial charge is 0.275 e. The van der Waals surface area contributed by atoms with Crippen molar-refractivity contribution in [2.45, 2.75) is 58.3 Å². The molecular formula is C14H25N3O2. The molecule has 0 spiro atoms. The fraction of sp³-hybridized carbons (Fsp3) is 0.714. The van der Waals surface area contributed by atoms with Crippen molar-refractivity contribution in [2.75, 3.05) is 7.11 Å². The average Bonchev–Trinajstić information content (AvgIpc) is 2.87. The van der Waals surface area contributed by atoms with E-state index in [1.165, 1.54) is 7.11 Å². The maximum atomic E-state index is 11.9.